The lowest BCUT2D eigenvalue weighted by atomic mass is 10.3. The number of hydrogen-bond acceptors (Lipinski definition) is 7. The van der Waals surface area contributed by atoms with Crippen LogP contribution in [0.1, 0.15) is 5.82 Å². The summed E-state index contributed by atoms with van der Waals surface area (Å²) in [6, 6.07) is 4.62. The molecule has 8 heteroatoms. The van der Waals surface area contributed by atoms with Gasteiger partial charge in [0.15, 0.2) is 10.6 Å². The van der Waals surface area contributed by atoms with Crippen LogP contribution in [-0.4, -0.2) is 19.4 Å². The van der Waals surface area contributed by atoms with Crippen molar-refractivity contribution >= 4 is 44.9 Å². The first-order valence-corrected chi connectivity index (χ1v) is 6.78. The van der Waals surface area contributed by atoms with Crippen LogP contribution in [0.2, 0.25) is 5.02 Å². The molecule has 0 amide bonds. The number of nitrogens with zero attached hydrogens (tertiary/aromatic N) is 5. The zero-order valence-electron chi connectivity index (χ0n) is 10.3. The van der Waals surface area contributed by atoms with Crippen LogP contribution in [0, 0.1) is 6.92 Å². The molecule has 100 valence electrons. The second-order valence-corrected chi connectivity index (χ2v) is 5.14. The first-order chi connectivity index (χ1) is 9.63. The average Bonchev–Trinajstić information content (AvgIpc) is 2.82. The van der Waals surface area contributed by atoms with Crippen molar-refractivity contribution in [2.45, 2.75) is 6.92 Å². The number of phenols is 1. The van der Waals surface area contributed by atoms with Crippen molar-refractivity contribution in [3.05, 3.63) is 35.2 Å². The van der Waals surface area contributed by atoms with Crippen molar-refractivity contribution in [3.63, 3.8) is 0 Å². The molecule has 0 saturated heterocycles. The smallest absolute Gasteiger partial charge is 0.178 e. The van der Waals surface area contributed by atoms with Crippen molar-refractivity contribution in [2.75, 3.05) is 0 Å². The van der Waals surface area contributed by atoms with Crippen LogP contribution >= 0.6 is 23.1 Å². The summed E-state index contributed by atoms with van der Waals surface area (Å²) in [5.74, 6) is 0.675. The van der Waals surface area contributed by atoms with Gasteiger partial charge in [0, 0.05) is 6.20 Å². The molecular formula is C12H8ClN5OS. The quantitative estimate of drug-likeness (QED) is 0.720. The van der Waals surface area contributed by atoms with E-state index >= 15 is 0 Å². The van der Waals surface area contributed by atoms with Gasteiger partial charge in [-0.05, 0) is 36.7 Å². The number of phenolic OH excluding ortho intramolecular Hbond substituents is 1. The molecule has 3 aromatic rings. The molecule has 2 aromatic heterocycles. The molecule has 0 atom stereocenters. The number of aromatic nitrogens is 3. The van der Waals surface area contributed by atoms with Gasteiger partial charge in [-0.2, -0.15) is 4.37 Å². The van der Waals surface area contributed by atoms with Crippen molar-refractivity contribution in [2.24, 2.45) is 10.2 Å². The largest absolute Gasteiger partial charge is 0.506 e. The third-order valence-corrected chi connectivity index (χ3v) is 3.57. The highest BCUT2D eigenvalue weighted by Gasteiger charge is 2.07. The Morgan fingerprint density at radius 3 is 2.95 bits per heavy atom. The number of azo groups is 1. The van der Waals surface area contributed by atoms with Crippen molar-refractivity contribution in [3.8, 4) is 5.75 Å². The summed E-state index contributed by atoms with van der Waals surface area (Å²) in [5, 5.41) is 19.1. The minimum Gasteiger partial charge on any atom is -0.506 e. The van der Waals surface area contributed by atoms with Gasteiger partial charge >= 0.3 is 0 Å². The van der Waals surface area contributed by atoms with E-state index in [1.165, 1.54) is 23.7 Å². The Labute approximate surface area is 123 Å². The summed E-state index contributed by atoms with van der Waals surface area (Å²) in [6.45, 7) is 1.80. The summed E-state index contributed by atoms with van der Waals surface area (Å²) >= 11 is 7.01. The fourth-order valence-electron chi connectivity index (χ4n) is 1.55. The van der Waals surface area contributed by atoms with Gasteiger partial charge in [0.1, 0.15) is 11.6 Å². The van der Waals surface area contributed by atoms with Gasteiger partial charge in [-0.3, -0.25) is 0 Å². The maximum atomic E-state index is 9.33. The second kappa shape index (κ2) is 5.10. The molecule has 6 nitrogen and oxygen atoms in total. The van der Waals surface area contributed by atoms with Gasteiger partial charge in [0.05, 0.1) is 16.1 Å². The molecule has 1 N–H and O–H groups in total. The van der Waals surface area contributed by atoms with Crippen LogP contribution in [0.25, 0.3) is 11.0 Å². The van der Waals surface area contributed by atoms with Crippen LogP contribution in [0.15, 0.2) is 34.6 Å². The second-order valence-electron chi connectivity index (χ2n) is 3.98. The molecule has 0 aliphatic carbocycles. The fourth-order valence-corrected chi connectivity index (χ4v) is 2.35. The summed E-state index contributed by atoms with van der Waals surface area (Å²) in [6.07, 6.45) is 1.68. The lowest BCUT2D eigenvalue weighted by Crippen LogP contribution is -1.85. The Morgan fingerprint density at radius 2 is 2.15 bits per heavy atom. The number of rotatable bonds is 2. The van der Waals surface area contributed by atoms with Gasteiger partial charge in [0.25, 0.3) is 0 Å². The van der Waals surface area contributed by atoms with Gasteiger partial charge in [-0.15, -0.1) is 10.2 Å². The number of fused-ring (bicyclic) bond motifs is 1. The highest BCUT2D eigenvalue weighted by atomic mass is 35.5. The minimum atomic E-state index is 0.0118. The van der Waals surface area contributed by atoms with E-state index in [-0.39, 0.29) is 10.8 Å². The maximum Gasteiger partial charge on any atom is 0.178 e. The molecule has 0 spiro atoms. The number of aromatic hydroxyl groups is 1. The topological polar surface area (TPSA) is 83.6 Å². The zero-order chi connectivity index (χ0) is 14.1. The highest BCUT2D eigenvalue weighted by Crippen LogP contribution is 2.32. The number of benzene rings is 1. The summed E-state index contributed by atoms with van der Waals surface area (Å²) < 4.78 is 4.19. The predicted molar refractivity (Wildman–Crippen MR) is 77.2 cm³/mol. The lowest BCUT2D eigenvalue weighted by Gasteiger charge is -1.96. The molecule has 0 radical (unpaired) electrons. The van der Waals surface area contributed by atoms with Crippen LogP contribution in [0.5, 0.6) is 5.75 Å². The first-order valence-electron chi connectivity index (χ1n) is 5.63. The van der Waals surface area contributed by atoms with E-state index in [1.54, 1.807) is 19.2 Å². The maximum absolute atomic E-state index is 9.33. The monoisotopic (exact) mass is 305 g/mol. The third kappa shape index (κ3) is 2.45. The van der Waals surface area contributed by atoms with Crippen LogP contribution in [-0.2, 0) is 0 Å². The lowest BCUT2D eigenvalue weighted by molar-refractivity contribution is 0.475. The van der Waals surface area contributed by atoms with Gasteiger partial charge in [-0.1, -0.05) is 11.6 Å². The molecular weight excluding hydrogens is 298 g/mol. The first kappa shape index (κ1) is 12.9. The van der Waals surface area contributed by atoms with Crippen LogP contribution in [0.3, 0.4) is 0 Å². The molecule has 20 heavy (non-hydrogen) atoms. The summed E-state index contributed by atoms with van der Waals surface area (Å²) in [7, 11) is 0. The van der Waals surface area contributed by atoms with E-state index in [1.807, 2.05) is 0 Å². The SMILES string of the molecule is Cc1ncc2c(N=Nc3ccc(O)c(Cl)c3)snc2n1. The number of halogens is 1. The highest BCUT2D eigenvalue weighted by molar-refractivity contribution is 7.11. The predicted octanol–water partition coefficient (Wildman–Crippen LogP) is 4.17. The van der Waals surface area contributed by atoms with Crippen molar-refractivity contribution in [1.29, 1.82) is 0 Å². The van der Waals surface area contributed by atoms with Crippen molar-refractivity contribution < 1.29 is 5.11 Å². The van der Waals surface area contributed by atoms with Gasteiger partial charge in [0.2, 0.25) is 0 Å². The standard InChI is InChI=1S/C12H8ClN5OS/c1-6-14-5-8-11(15-6)18-20-12(8)17-16-7-2-3-10(19)9(13)4-7/h2-5,19H,1H3. The molecule has 0 aliphatic rings. The van der Waals surface area contributed by atoms with E-state index in [2.05, 4.69) is 24.6 Å². The Balaban J connectivity index is 1.96. The van der Waals surface area contributed by atoms with E-state index in [9.17, 15) is 5.11 Å². The Hall–Kier alpha value is -2.12. The van der Waals surface area contributed by atoms with Gasteiger partial charge in [-0.25, -0.2) is 9.97 Å². The average molecular weight is 306 g/mol. The molecule has 1 aromatic carbocycles. The Kier molecular flexibility index (Phi) is 3.29. The van der Waals surface area contributed by atoms with Crippen LogP contribution < -0.4 is 0 Å². The minimum absolute atomic E-state index is 0.0118. The molecule has 0 bridgehead atoms. The van der Waals surface area contributed by atoms with E-state index in [0.717, 1.165) is 5.39 Å². The normalized spacial score (nSPS) is 11.5. The van der Waals surface area contributed by atoms with Gasteiger partial charge < -0.3 is 5.11 Å². The molecule has 3 rings (SSSR count). The van der Waals surface area contributed by atoms with E-state index in [4.69, 9.17) is 11.6 Å². The van der Waals surface area contributed by atoms with Crippen LogP contribution in [0.4, 0.5) is 10.7 Å². The van der Waals surface area contributed by atoms with E-state index < -0.39 is 0 Å². The fraction of sp³-hybridized carbons (Fsp3) is 0.0833. The Morgan fingerprint density at radius 1 is 1.30 bits per heavy atom. The third-order valence-electron chi connectivity index (χ3n) is 2.53. The summed E-state index contributed by atoms with van der Waals surface area (Å²) in [5.41, 5.74) is 1.16. The van der Waals surface area contributed by atoms with Crippen molar-refractivity contribution in [1.82, 2.24) is 14.3 Å². The molecule has 0 unspecified atom stereocenters. The molecule has 0 saturated carbocycles. The molecule has 0 aliphatic heterocycles. The number of aryl methyl sites for hydroxylation is 1. The number of hydrogen-bond donors (Lipinski definition) is 1. The molecule has 2 heterocycles. The Bertz CT molecular complexity index is 817. The zero-order valence-corrected chi connectivity index (χ0v) is 11.9. The summed E-state index contributed by atoms with van der Waals surface area (Å²) in [4.78, 5) is 8.33. The molecule has 0 fully saturated rings. The van der Waals surface area contributed by atoms with E-state index in [0.29, 0.717) is 22.2 Å².